The number of carbonyl (C=O) groups is 2. The zero-order valence-electron chi connectivity index (χ0n) is 11.3. The molecule has 1 aromatic rings. The summed E-state index contributed by atoms with van der Waals surface area (Å²) in [5.74, 6) is -1.51. The predicted molar refractivity (Wildman–Crippen MR) is 75.9 cm³/mol. The van der Waals surface area contributed by atoms with Gasteiger partial charge in [0.25, 0.3) is 5.91 Å². The van der Waals surface area contributed by atoms with E-state index in [4.69, 9.17) is 4.74 Å². The molecule has 0 aliphatic rings. The summed E-state index contributed by atoms with van der Waals surface area (Å²) < 4.78 is 18.8. The van der Waals surface area contributed by atoms with Crippen LogP contribution in [0.3, 0.4) is 0 Å². The zero-order valence-corrected chi connectivity index (χ0v) is 12.9. The van der Waals surface area contributed by atoms with Gasteiger partial charge in [0.05, 0.1) is 23.2 Å². The summed E-state index contributed by atoms with van der Waals surface area (Å²) in [4.78, 5) is 24.8. The fourth-order valence-electron chi connectivity index (χ4n) is 1.51. The van der Waals surface area contributed by atoms with Crippen molar-refractivity contribution in [3.8, 4) is 0 Å². The Morgan fingerprint density at radius 1 is 1.45 bits per heavy atom. The summed E-state index contributed by atoms with van der Waals surface area (Å²) in [7, 11) is 2.97. The number of methoxy groups -OCH3 is 1. The molecule has 7 heteroatoms. The van der Waals surface area contributed by atoms with E-state index < -0.39 is 11.7 Å². The molecule has 0 saturated heterocycles. The van der Waals surface area contributed by atoms with Crippen molar-refractivity contribution in [1.29, 1.82) is 0 Å². The van der Waals surface area contributed by atoms with Gasteiger partial charge in [-0.1, -0.05) is 6.07 Å². The number of amides is 2. The Morgan fingerprint density at radius 3 is 2.80 bits per heavy atom. The van der Waals surface area contributed by atoms with Gasteiger partial charge in [-0.3, -0.25) is 9.59 Å². The lowest BCUT2D eigenvalue weighted by Gasteiger charge is -2.17. The van der Waals surface area contributed by atoms with Crippen molar-refractivity contribution in [3.05, 3.63) is 34.1 Å². The van der Waals surface area contributed by atoms with Crippen LogP contribution in [-0.2, 0) is 9.53 Å². The first kappa shape index (κ1) is 16.6. The predicted octanol–water partition coefficient (Wildman–Crippen LogP) is 1.42. The molecule has 1 rings (SSSR count). The van der Waals surface area contributed by atoms with Crippen LogP contribution in [0.15, 0.2) is 22.7 Å². The number of nitrogens with one attached hydrogen (secondary N) is 1. The van der Waals surface area contributed by atoms with Gasteiger partial charge in [0, 0.05) is 20.7 Å². The van der Waals surface area contributed by atoms with Crippen LogP contribution in [-0.4, -0.2) is 50.6 Å². The van der Waals surface area contributed by atoms with E-state index in [1.165, 1.54) is 26.3 Å². The molecule has 110 valence electrons. The Balaban J connectivity index is 2.63. The molecule has 0 atom stereocenters. The average molecular weight is 347 g/mol. The fraction of sp³-hybridized carbons (Fsp3) is 0.385. The van der Waals surface area contributed by atoms with E-state index in [9.17, 15) is 14.0 Å². The number of nitrogens with zero attached hydrogens (tertiary/aromatic N) is 1. The van der Waals surface area contributed by atoms with Crippen molar-refractivity contribution in [2.45, 2.75) is 0 Å². The van der Waals surface area contributed by atoms with Crippen LogP contribution in [0.5, 0.6) is 0 Å². The van der Waals surface area contributed by atoms with Crippen LogP contribution >= 0.6 is 15.9 Å². The van der Waals surface area contributed by atoms with E-state index in [1.54, 1.807) is 6.07 Å². The minimum atomic E-state index is -0.635. The largest absolute Gasteiger partial charge is 0.383 e. The SMILES string of the molecule is COCCNC(=O)CN(C)C(=O)c1cccc(Br)c1F. The third-order valence-corrected chi connectivity index (χ3v) is 3.15. The summed E-state index contributed by atoms with van der Waals surface area (Å²) in [5.41, 5.74) is -0.0773. The highest BCUT2D eigenvalue weighted by Crippen LogP contribution is 2.19. The second-order valence-electron chi connectivity index (χ2n) is 4.11. The lowest BCUT2D eigenvalue weighted by molar-refractivity contribution is -0.121. The zero-order chi connectivity index (χ0) is 15.1. The van der Waals surface area contributed by atoms with Gasteiger partial charge in [0.1, 0.15) is 5.82 Å². The van der Waals surface area contributed by atoms with Crippen LogP contribution in [0, 0.1) is 5.82 Å². The molecule has 0 unspecified atom stereocenters. The number of carbonyl (C=O) groups excluding carboxylic acids is 2. The highest BCUT2D eigenvalue weighted by Gasteiger charge is 2.19. The molecular weight excluding hydrogens is 331 g/mol. The smallest absolute Gasteiger partial charge is 0.257 e. The quantitative estimate of drug-likeness (QED) is 0.792. The van der Waals surface area contributed by atoms with Gasteiger partial charge in [0.15, 0.2) is 0 Å². The van der Waals surface area contributed by atoms with Crippen LogP contribution in [0.25, 0.3) is 0 Å². The van der Waals surface area contributed by atoms with Crippen LogP contribution in [0.2, 0.25) is 0 Å². The van der Waals surface area contributed by atoms with Gasteiger partial charge in [-0.15, -0.1) is 0 Å². The maximum atomic E-state index is 13.8. The summed E-state index contributed by atoms with van der Waals surface area (Å²) in [5, 5.41) is 2.59. The van der Waals surface area contributed by atoms with Gasteiger partial charge in [-0.2, -0.15) is 0 Å². The second kappa shape index (κ2) is 7.96. The topological polar surface area (TPSA) is 58.6 Å². The van der Waals surface area contributed by atoms with Crippen molar-refractivity contribution in [2.75, 3.05) is 33.9 Å². The summed E-state index contributed by atoms with van der Waals surface area (Å²) in [6.45, 7) is 0.612. The lowest BCUT2D eigenvalue weighted by Crippen LogP contribution is -2.39. The van der Waals surface area contributed by atoms with Crippen LogP contribution in [0.4, 0.5) is 4.39 Å². The maximum absolute atomic E-state index is 13.8. The Kier molecular flexibility index (Phi) is 6.60. The van der Waals surface area contributed by atoms with Gasteiger partial charge in [0.2, 0.25) is 5.91 Å². The van der Waals surface area contributed by atoms with E-state index in [0.29, 0.717) is 13.2 Å². The van der Waals surface area contributed by atoms with E-state index in [0.717, 1.165) is 4.90 Å². The monoisotopic (exact) mass is 346 g/mol. The van der Waals surface area contributed by atoms with Crippen molar-refractivity contribution in [1.82, 2.24) is 10.2 Å². The van der Waals surface area contributed by atoms with E-state index in [-0.39, 0.29) is 22.5 Å². The number of hydrogen-bond donors (Lipinski definition) is 1. The highest BCUT2D eigenvalue weighted by molar-refractivity contribution is 9.10. The molecule has 0 bridgehead atoms. The number of benzene rings is 1. The molecule has 0 saturated carbocycles. The molecule has 5 nitrogen and oxygen atoms in total. The Hall–Kier alpha value is -1.47. The molecule has 0 aliphatic heterocycles. The number of ether oxygens (including phenoxy) is 1. The molecule has 0 heterocycles. The maximum Gasteiger partial charge on any atom is 0.257 e. The summed E-state index contributed by atoms with van der Waals surface area (Å²) >= 11 is 3.02. The van der Waals surface area contributed by atoms with Gasteiger partial charge >= 0.3 is 0 Å². The molecule has 0 radical (unpaired) electrons. The molecule has 20 heavy (non-hydrogen) atoms. The standard InChI is InChI=1S/C13H16BrFN2O3/c1-17(8-11(18)16-6-7-20-2)13(19)9-4-3-5-10(14)12(9)15/h3-5H,6-8H2,1-2H3,(H,16,18). The van der Waals surface area contributed by atoms with E-state index in [2.05, 4.69) is 21.2 Å². The number of likely N-dealkylation sites (N-methyl/N-ethyl adjacent to an activating group) is 1. The van der Waals surface area contributed by atoms with Gasteiger partial charge in [-0.25, -0.2) is 4.39 Å². The molecule has 0 fully saturated rings. The first-order valence-electron chi connectivity index (χ1n) is 5.92. The molecule has 0 spiro atoms. The van der Waals surface area contributed by atoms with Crippen molar-refractivity contribution < 1.29 is 18.7 Å². The van der Waals surface area contributed by atoms with E-state index >= 15 is 0 Å². The lowest BCUT2D eigenvalue weighted by atomic mass is 10.2. The Morgan fingerprint density at radius 2 is 2.15 bits per heavy atom. The molecule has 0 aliphatic carbocycles. The van der Waals surface area contributed by atoms with Crippen molar-refractivity contribution in [2.24, 2.45) is 0 Å². The normalized spacial score (nSPS) is 10.2. The fourth-order valence-corrected chi connectivity index (χ4v) is 1.88. The molecule has 1 aromatic carbocycles. The first-order chi connectivity index (χ1) is 9.47. The number of rotatable bonds is 6. The highest BCUT2D eigenvalue weighted by atomic mass is 79.9. The minimum Gasteiger partial charge on any atom is -0.383 e. The Bertz CT molecular complexity index is 497. The molecule has 0 aromatic heterocycles. The molecular formula is C13H16BrFN2O3. The number of halogens is 2. The minimum absolute atomic E-state index is 0.0773. The second-order valence-corrected chi connectivity index (χ2v) is 4.96. The molecule has 2 amide bonds. The van der Waals surface area contributed by atoms with Crippen LogP contribution < -0.4 is 5.32 Å². The number of hydrogen-bond acceptors (Lipinski definition) is 3. The third kappa shape index (κ3) is 4.57. The Labute approximate surface area is 125 Å². The third-order valence-electron chi connectivity index (χ3n) is 2.54. The molecule has 1 N–H and O–H groups in total. The van der Waals surface area contributed by atoms with E-state index in [1.807, 2.05) is 0 Å². The average Bonchev–Trinajstić information content (AvgIpc) is 2.41. The van der Waals surface area contributed by atoms with Crippen molar-refractivity contribution >= 4 is 27.7 Å². The van der Waals surface area contributed by atoms with Gasteiger partial charge < -0.3 is 15.0 Å². The van der Waals surface area contributed by atoms with Crippen LogP contribution in [0.1, 0.15) is 10.4 Å². The first-order valence-corrected chi connectivity index (χ1v) is 6.71. The summed E-state index contributed by atoms with van der Waals surface area (Å²) in [6.07, 6.45) is 0. The summed E-state index contributed by atoms with van der Waals surface area (Å²) in [6, 6.07) is 4.44. The van der Waals surface area contributed by atoms with Crippen molar-refractivity contribution in [3.63, 3.8) is 0 Å². The van der Waals surface area contributed by atoms with Gasteiger partial charge in [-0.05, 0) is 28.1 Å².